The molecular weight excluding hydrogens is 613 g/mol. The summed E-state index contributed by atoms with van der Waals surface area (Å²) >= 11 is 17.5. The van der Waals surface area contributed by atoms with Crippen LogP contribution in [0.15, 0.2) is 36.4 Å². The highest BCUT2D eigenvalue weighted by molar-refractivity contribution is 7.91. The van der Waals surface area contributed by atoms with Gasteiger partial charge in [0.25, 0.3) is 0 Å². The lowest BCUT2D eigenvalue weighted by Crippen LogP contribution is -2.22. The average Bonchev–Trinajstić information content (AvgIpc) is 2.74. The number of halogens is 9. The maximum atomic E-state index is 13.8. The smallest absolute Gasteiger partial charge is 0.294 e. The Morgan fingerprint density at radius 3 is 1.97 bits per heavy atom. The Kier molecular flexibility index (Phi) is 11.0. The van der Waals surface area contributed by atoms with Crippen LogP contribution in [0, 0.1) is 11.8 Å². The van der Waals surface area contributed by atoms with Gasteiger partial charge in [0.15, 0.2) is 15.6 Å². The van der Waals surface area contributed by atoms with Crippen molar-refractivity contribution in [3.8, 4) is 0 Å². The van der Waals surface area contributed by atoms with Crippen LogP contribution in [-0.2, 0) is 16.0 Å². The zero-order chi connectivity index (χ0) is 29.9. The van der Waals surface area contributed by atoms with Gasteiger partial charge in [0.2, 0.25) is 0 Å². The molecule has 2 aromatic rings. The Labute approximate surface area is 238 Å². The summed E-state index contributed by atoms with van der Waals surface area (Å²) in [6.07, 6.45) is -8.80. The topological polar surface area (TPSA) is 51.2 Å². The van der Waals surface area contributed by atoms with Crippen LogP contribution in [0.3, 0.4) is 0 Å². The van der Waals surface area contributed by atoms with Gasteiger partial charge in [-0.2, -0.15) is 26.3 Å². The van der Waals surface area contributed by atoms with E-state index >= 15 is 0 Å². The summed E-state index contributed by atoms with van der Waals surface area (Å²) in [5.41, 5.74) is -2.65. The molecule has 0 bridgehead atoms. The van der Waals surface area contributed by atoms with Gasteiger partial charge < -0.3 is 0 Å². The average molecular weight is 638 g/mol. The summed E-state index contributed by atoms with van der Waals surface area (Å²) in [5.74, 6) is -4.57. The molecule has 0 aliphatic carbocycles. The second-order valence-electron chi connectivity index (χ2n) is 9.68. The van der Waals surface area contributed by atoms with E-state index in [0.29, 0.717) is 12.1 Å². The van der Waals surface area contributed by atoms with Gasteiger partial charge in [-0.3, -0.25) is 4.79 Å². The highest BCUT2D eigenvalue weighted by Crippen LogP contribution is 2.41. The first kappa shape index (κ1) is 33.5. The van der Waals surface area contributed by atoms with Crippen LogP contribution in [0.25, 0.3) is 6.08 Å². The first-order chi connectivity index (χ1) is 17.7. The molecule has 216 valence electrons. The van der Waals surface area contributed by atoms with Crippen molar-refractivity contribution in [2.75, 3.05) is 11.5 Å². The fraction of sp³-hybridized carbons (Fsp3) is 0.423. The lowest BCUT2D eigenvalue weighted by molar-refractivity contribution is -0.139. The Hall–Kier alpha value is -1.75. The van der Waals surface area contributed by atoms with Crippen LogP contribution in [0.5, 0.6) is 0 Å². The standard InChI is InChI=1S/C26H25Cl3F6O3S/c1-14(2)12-39(37,38)13-15(3)8-23(36)18-6-4-16(9-20(18)26(33,34)35)5-7-19(25(30,31)32)17-10-21(27)24(29)22(28)11-17/h4-7,9-11,14-15,19H,8,12-13H2,1-3H3/b7-5+/t15-,19?/m0/s1. The molecule has 0 aliphatic heterocycles. The third-order valence-corrected chi connectivity index (χ3v) is 8.96. The number of carbonyl (C=O) groups excluding carboxylic acids is 1. The Morgan fingerprint density at radius 1 is 0.923 bits per heavy atom. The molecule has 0 aromatic heterocycles. The summed E-state index contributed by atoms with van der Waals surface area (Å²) in [7, 11) is -3.51. The van der Waals surface area contributed by atoms with E-state index in [4.69, 9.17) is 34.8 Å². The highest BCUT2D eigenvalue weighted by atomic mass is 35.5. The maximum Gasteiger partial charge on any atom is 0.417 e. The predicted octanol–water partition coefficient (Wildman–Crippen LogP) is 9.30. The number of hydrogen-bond donors (Lipinski definition) is 0. The maximum absolute atomic E-state index is 13.8. The Balaban J connectivity index is 2.39. The van der Waals surface area contributed by atoms with Crippen molar-refractivity contribution < 1.29 is 39.6 Å². The van der Waals surface area contributed by atoms with Gasteiger partial charge in [-0.1, -0.05) is 79.9 Å². The van der Waals surface area contributed by atoms with Crippen molar-refractivity contribution in [2.24, 2.45) is 11.8 Å². The molecule has 3 nitrogen and oxygen atoms in total. The number of hydrogen-bond acceptors (Lipinski definition) is 3. The number of alkyl halides is 6. The second kappa shape index (κ2) is 12.8. The fourth-order valence-electron chi connectivity index (χ4n) is 4.01. The molecule has 0 fully saturated rings. The number of Topliss-reactive ketones (excluding diaryl/α,β-unsaturated/α-hetero) is 1. The summed E-state index contributed by atoms with van der Waals surface area (Å²) in [6, 6.07) is 4.44. The van der Waals surface area contributed by atoms with Gasteiger partial charge in [0.05, 0.1) is 38.1 Å². The highest BCUT2D eigenvalue weighted by Gasteiger charge is 2.40. The van der Waals surface area contributed by atoms with Gasteiger partial charge >= 0.3 is 12.4 Å². The van der Waals surface area contributed by atoms with Crippen molar-refractivity contribution >= 4 is 56.5 Å². The minimum absolute atomic E-state index is 0.117. The van der Waals surface area contributed by atoms with Crippen LogP contribution in [-0.4, -0.2) is 31.9 Å². The summed E-state index contributed by atoms with van der Waals surface area (Å²) in [5, 5.41) is -0.598. The molecule has 2 rings (SSSR count). The lowest BCUT2D eigenvalue weighted by Gasteiger charge is -2.19. The minimum atomic E-state index is -5.00. The van der Waals surface area contributed by atoms with Gasteiger partial charge in [-0.05, 0) is 41.2 Å². The number of allylic oxidation sites excluding steroid dienone is 1. The zero-order valence-corrected chi connectivity index (χ0v) is 24.0. The lowest BCUT2D eigenvalue weighted by atomic mass is 9.93. The van der Waals surface area contributed by atoms with Crippen LogP contribution in [0.1, 0.15) is 60.2 Å². The molecule has 0 amide bonds. The third-order valence-electron chi connectivity index (χ3n) is 5.51. The molecule has 0 saturated heterocycles. The van der Waals surface area contributed by atoms with Gasteiger partial charge in [0.1, 0.15) is 0 Å². The molecular formula is C26H25Cl3F6O3S. The van der Waals surface area contributed by atoms with Crippen LogP contribution in [0.4, 0.5) is 26.3 Å². The first-order valence-corrected chi connectivity index (χ1v) is 14.5. The number of benzene rings is 2. The molecule has 0 spiro atoms. The SMILES string of the molecule is CC(C)CS(=O)(=O)C[C@@H](C)CC(=O)c1ccc(/C=C/C(c2cc(Cl)c(Cl)c(Cl)c2)C(F)(F)F)cc1C(F)(F)F. The van der Waals surface area contributed by atoms with E-state index in [9.17, 15) is 39.6 Å². The van der Waals surface area contributed by atoms with Crippen molar-refractivity contribution in [1.29, 1.82) is 0 Å². The van der Waals surface area contributed by atoms with Gasteiger partial charge in [-0.25, -0.2) is 8.42 Å². The number of sulfone groups is 1. The number of rotatable bonds is 10. The fourth-order valence-corrected chi connectivity index (χ4v) is 6.76. The number of carbonyl (C=O) groups is 1. The first-order valence-electron chi connectivity index (χ1n) is 11.6. The quantitative estimate of drug-likeness (QED) is 0.148. The summed E-state index contributed by atoms with van der Waals surface area (Å²) < 4.78 is 107. The molecule has 0 aliphatic rings. The van der Waals surface area contributed by atoms with Crippen LogP contribution in [0.2, 0.25) is 15.1 Å². The van der Waals surface area contributed by atoms with E-state index in [1.807, 2.05) is 0 Å². The van der Waals surface area contributed by atoms with Crippen molar-refractivity contribution in [2.45, 2.75) is 45.5 Å². The van der Waals surface area contributed by atoms with Crippen molar-refractivity contribution in [3.63, 3.8) is 0 Å². The van der Waals surface area contributed by atoms with E-state index in [0.717, 1.165) is 30.3 Å². The molecule has 13 heteroatoms. The van der Waals surface area contributed by atoms with E-state index in [2.05, 4.69) is 0 Å². The summed E-state index contributed by atoms with van der Waals surface area (Å²) in [6.45, 7) is 4.86. The van der Waals surface area contributed by atoms with Gasteiger partial charge in [0, 0.05) is 12.0 Å². The Morgan fingerprint density at radius 2 is 1.49 bits per heavy atom. The van der Waals surface area contributed by atoms with Crippen LogP contribution >= 0.6 is 34.8 Å². The molecule has 2 atom stereocenters. The second-order valence-corrected chi connectivity index (χ2v) is 13.0. The molecule has 0 heterocycles. The molecule has 0 N–H and O–H groups in total. The zero-order valence-electron chi connectivity index (χ0n) is 20.9. The predicted molar refractivity (Wildman–Crippen MR) is 142 cm³/mol. The monoisotopic (exact) mass is 636 g/mol. The molecule has 0 radical (unpaired) electrons. The normalized spacial score (nSPS) is 14.7. The van der Waals surface area contributed by atoms with E-state index in [1.54, 1.807) is 13.8 Å². The molecule has 39 heavy (non-hydrogen) atoms. The minimum Gasteiger partial charge on any atom is -0.294 e. The van der Waals surface area contributed by atoms with Crippen molar-refractivity contribution in [3.05, 3.63) is 73.7 Å². The van der Waals surface area contributed by atoms with E-state index in [1.165, 1.54) is 6.92 Å². The number of ketones is 1. The third kappa shape index (κ3) is 9.69. The molecule has 1 unspecified atom stereocenters. The Bertz CT molecular complexity index is 1310. The largest absolute Gasteiger partial charge is 0.417 e. The van der Waals surface area contributed by atoms with Crippen LogP contribution < -0.4 is 0 Å². The van der Waals surface area contributed by atoms with Gasteiger partial charge in [-0.15, -0.1) is 0 Å². The van der Waals surface area contributed by atoms with Crippen molar-refractivity contribution in [1.82, 2.24) is 0 Å². The molecule has 0 saturated carbocycles. The summed E-state index contributed by atoms with van der Waals surface area (Å²) in [4.78, 5) is 12.7. The van der Waals surface area contributed by atoms with E-state index < -0.39 is 57.4 Å². The van der Waals surface area contributed by atoms with E-state index in [-0.39, 0.29) is 43.6 Å². The molecule has 2 aromatic carbocycles.